The van der Waals surface area contributed by atoms with Gasteiger partial charge in [0.15, 0.2) is 0 Å². The molecule has 1 radical (unpaired) electrons. The van der Waals surface area contributed by atoms with Crippen LogP contribution < -0.4 is 0 Å². The summed E-state index contributed by atoms with van der Waals surface area (Å²) in [6.45, 7) is 3.64. The van der Waals surface area contributed by atoms with Crippen LogP contribution in [0.1, 0.15) is 24.8 Å². The molecule has 2 aromatic rings. The maximum absolute atomic E-state index is 8.99. The molecule has 0 bridgehead atoms. The molecule has 0 aliphatic carbocycles. The molecule has 1 fully saturated rings. The molecule has 3 heteroatoms. The van der Waals surface area contributed by atoms with E-state index in [0.717, 1.165) is 32.0 Å². The van der Waals surface area contributed by atoms with Crippen molar-refractivity contribution < 1.29 is 5.11 Å². The van der Waals surface area contributed by atoms with Crippen LogP contribution in [0.5, 0.6) is 0 Å². The number of hydrogen-bond donors (Lipinski definition) is 2. The molecule has 1 aliphatic rings. The van der Waals surface area contributed by atoms with Gasteiger partial charge in [0.2, 0.25) is 0 Å². The van der Waals surface area contributed by atoms with Gasteiger partial charge in [-0.15, -0.1) is 0 Å². The minimum absolute atomic E-state index is 0.336. The van der Waals surface area contributed by atoms with Gasteiger partial charge in [-0.05, 0) is 68.1 Å². The van der Waals surface area contributed by atoms with Gasteiger partial charge in [0, 0.05) is 30.3 Å². The van der Waals surface area contributed by atoms with Crippen LogP contribution in [0.15, 0.2) is 24.4 Å². The van der Waals surface area contributed by atoms with E-state index in [1.807, 2.05) is 12.3 Å². The lowest BCUT2D eigenvalue weighted by atomic mass is 9.93. The standard InChI is InChI=1S/C16H21N2O/c19-11-7-13-5-9-18(10-6-13)12-14-2-1-3-16-15(14)4-8-17-16/h2-4,8,13,17,19H,5-7,9-12H2. The number of nitrogens with one attached hydrogen (secondary N) is 1. The lowest BCUT2D eigenvalue weighted by molar-refractivity contribution is 0.153. The average molecular weight is 257 g/mol. The van der Waals surface area contributed by atoms with Gasteiger partial charge in [-0.3, -0.25) is 4.90 Å². The molecule has 1 aromatic heterocycles. The van der Waals surface area contributed by atoms with Gasteiger partial charge in [0.25, 0.3) is 0 Å². The number of aromatic nitrogens is 1. The Hall–Kier alpha value is -1.32. The normalized spacial score (nSPS) is 18.2. The first-order valence-electron chi connectivity index (χ1n) is 7.16. The van der Waals surface area contributed by atoms with E-state index in [0.29, 0.717) is 6.61 Å². The zero-order valence-corrected chi connectivity index (χ0v) is 11.2. The number of rotatable bonds is 4. The molecule has 3 rings (SSSR count). The first-order chi connectivity index (χ1) is 9.36. The van der Waals surface area contributed by atoms with Gasteiger partial charge in [0.1, 0.15) is 0 Å². The molecule has 0 atom stereocenters. The largest absolute Gasteiger partial charge is 0.396 e. The van der Waals surface area contributed by atoms with Crippen molar-refractivity contribution in [3.05, 3.63) is 36.0 Å². The molecule has 1 aromatic carbocycles. The Morgan fingerprint density at radius 2 is 2.16 bits per heavy atom. The highest BCUT2D eigenvalue weighted by Crippen LogP contribution is 2.24. The zero-order valence-electron chi connectivity index (χ0n) is 11.2. The molecule has 0 amide bonds. The SMILES string of the molecule is OCCC1CCN(Cc2c[c]cc3[nH]ccc23)CC1. The Kier molecular flexibility index (Phi) is 3.85. The molecular formula is C16H21N2O. The van der Waals surface area contributed by atoms with Crippen LogP contribution >= 0.6 is 0 Å². The topological polar surface area (TPSA) is 39.3 Å². The number of fused-ring (bicyclic) bond motifs is 1. The minimum Gasteiger partial charge on any atom is -0.396 e. The zero-order chi connectivity index (χ0) is 13.1. The fraction of sp³-hybridized carbons (Fsp3) is 0.500. The first kappa shape index (κ1) is 12.7. The molecular weight excluding hydrogens is 236 g/mol. The Bertz CT molecular complexity index is 526. The van der Waals surface area contributed by atoms with Gasteiger partial charge >= 0.3 is 0 Å². The third kappa shape index (κ3) is 2.82. The highest BCUT2D eigenvalue weighted by Gasteiger charge is 2.19. The summed E-state index contributed by atoms with van der Waals surface area (Å²) in [6, 6.07) is 9.48. The maximum Gasteiger partial charge on any atom is 0.0463 e. The second-order valence-electron chi connectivity index (χ2n) is 5.52. The van der Waals surface area contributed by atoms with E-state index in [4.69, 9.17) is 5.11 Å². The number of hydrogen-bond acceptors (Lipinski definition) is 2. The number of benzene rings is 1. The van der Waals surface area contributed by atoms with Crippen molar-refractivity contribution in [3.63, 3.8) is 0 Å². The van der Waals surface area contributed by atoms with Gasteiger partial charge in [-0.25, -0.2) is 0 Å². The predicted octanol–water partition coefficient (Wildman–Crippen LogP) is 2.56. The highest BCUT2D eigenvalue weighted by atomic mass is 16.3. The Labute approximate surface area is 114 Å². The van der Waals surface area contributed by atoms with Crippen LogP contribution in [0, 0.1) is 12.0 Å². The third-order valence-electron chi connectivity index (χ3n) is 4.25. The predicted molar refractivity (Wildman–Crippen MR) is 76.8 cm³/mol. The molecule has 101 valence electrons. The molecule has 1 saturated heterocycles. The number of likely N-dealkylation sites (tertiary alicyclic amines) is 1. The summed E-state index contributed by atoms with van der Waals surface area (Å²) in [4.78, 5) is 5.76. The Morgan fingerprint density at radius 3 is 2.95 bits per heavy atom. The second kappa shape index (κ2) is 5.76. The number of H-pyrrole nitrogens is 1. The first-order valence-corrected chi connectivity index (χ1v) is 7.16. The van der Waals surface area contributed by atoms with Crippen molar-refractivity contribution >= 4 is 10.9 Å². The fourth-order valence-corrected chi connectivity index (χ4v) is 3.07. The van der Waals surface area contributed by atoms with Crippen LogP contribution in [0.25, 0.3) is 10.9 Å². The molecule has 0 unspecified atom stereocenters. The molecule has 3 nitrogen and oxygen atoms in total. The molecule has 0 spiro atoms. The lowest BCUT2D eigenvalue weighted by Crippen LogP contribution is -2.33. The van der Waals surface area contributed by atoms with E-state index >= 15 is 0 Å². The van der Waals surface area contributed by atoms with E-state index in [9.17, 15) is 0 Å². The fourth-order valence-electron chi connectivity index (χ4n) is 3.07. The average Bonchev–Trinajstić information content (AvgIpc) is 2.91. The van der Waals surface area contributed by atoms with Gasteiger partial charge in [-0.2, -0.15) is 0 Å². The van der Waals surface area contributed by atoms with Crippen LogP contribution in [-0.2, 0) is 6.54 Å². The molecule has 0 saturated carbocycles. The van der Waals surface area contributed by atoms with Crippen molar-refractivity contribution in [1.82, 2.24) is 9.88 Å². The number of nitrogens with zero attached hydrogens (tertiary/aromatic N) is 1. The van der Waals surface area contributed by atoms with Crippen LogP contribution in [0.4, 0.5) is 0 Å². The highest BCUT2D eigenvalue weighted by molar-refractivity contribution is 5.82. The lowest BCUT2D eigenvalue weighted by Gasteiger charge is -2.31. The molecule has 19 heavy (non-hydrogen) atoms. The number of aliphatic hydroxyl groups excluding tert-OH is 1. The summed E-state index contributed by atoms with van der Waals surface area (Å²) in [5, 5.41) is 10.3. The molecule has 1 aliphatic heterocycles. The van der Waals surface area contributed by atoms with E-state index in [2.05, 4.69) is 28.1 Å². The summed E-state index contributed by atoms with van der Waals surface area (Å²) >= 11 is 0. The van der Waals surface area contributed by atoms with Crippen LogP contribution in [-0.4, -0.2) is 34.7 Å². The van der Waals surface area contributed by atoms with Crippen molar-refractivity contribution in [2.24, 2.45) is 5.92 Å². The Balaban J connectivity index is 1.65. The smallest absolute Gasteiger partial charge is 0.0463 e. The molecule has 2 heterocycles. The van der Waals surface area contributed by atoms with Crippen molar-refractivity contribution in [3.8, 4) is 0 Å². The quantitative estimate of drug-likeness (QED) is 0.883. The third-order valence-corrected chi connectivity index (χ3v) is 4.25. The number of aliphatic hydroxyl groups is 1. The van der Waals surface area contributed by atoms with E-state index in [1.54, 1.807) is 0 Å². The van der Waals surface area contributed by atoms with Gasteiger partial charge in [0.05, 0.1) is 0 Å². The number of aromatic amines is 1. The van der Waals surface area contributed by atoms with Crippen LogP contribution in [0.2, 0.25) is 0 Å². The van der Waals surface area contributed by atoms with Crippen molar-refractivity contribution in [2.45, 2.75) is 25.8 Å². The Morgan fingerprint density at radius 1 is 1.32 bits per heavy atom. The summed E-state index contributed by atoms with van der Waals surface area (Å²) in [6.07, 6.45) is 5.39. The maximum atomic E-state index is 8.99. The number of piperidine rings is 1. The monoisotopic (exact) mass is 257 g/mol. The molecule has 2 N–H and O–H groups in total. The van der Waals surface area contributed by atoms with E-state index < -0.39 is 0 Å². The summed E-state index contributed by atoms with van der Waals surface area (Å²) in [7, 11) is 0. The summed E-state index contributed by atoms with van der Waals surface area (Å²) in [5.41, 5.74) is 2.53. The van der Waals surface area contributed by atoms with E-state index in [1.165, 1.54) is 29.3 Å². The minimum atomic E-state index is 0.336. The van der Waals surface area contributed by atoms with Crippen molar-refractivity contribution in [2.75, 3.05) is 19.7 Å². The van der Waals surface area contributed by atoms with Crippen molar-refractivity contribution in [1.29, 1.82) is 0 Å². The second-order valence-corrected chi connectivity index (χ2v) is 5.52. The van der Waals surface area contributed by atoms with Gasteiger partial charge < -0.3 is 10.1 Å². The summed E-state index contributed by atoms with van der Waals surface area (Å²) in [5.74, 6) is 0.718. The van der Waals surface area contributed by atoms with Crippen LogP contribution in [0.3, 0.4) is 0 Å². The van der Waals surface area contributed by atoms with Gasteiger partial charge in [-0.1, -0.05) is 0 Å². The van der Waals surface area contributed by atoms with E-state index in [-0.39, 0.29) is 0 Å². The summed E-state index contributed by atoms with van der Waals surface area (Å²) < 4.78 is 0.